The summed E-state index contributed by atoms with van der Waals surface area (Å²) in [4.78, 5) is 12.5. The second-order valence-corrected chi connectivity index (χ2v) is 4.31. The zero-order valence-corrected chi connectivity index (χ0v) is 10.9. The highest BCUT2D eigenvalue weighted by Gasteiger charge is 2.16. The van der Waals surface area contributed by atoms with Gasteiger partial charge in [0.25, 0.3) is 0 Å². The second kappa shape index (κ2) is 5.89. The van der Waals surface area contributed by atoms with Gasteiger partial charge in [0.15, 0.2) is 0 Å². The molecule has 1 N–H and O–H groups in total. The molecule has 4 nitrogen and oxygen atoms in total. The van der Waals surface area contributed by atoms with E-state index < -0.39 is 12.0 Å². The Morgan fingerprint density at radius 2 is 2.24 bits per heavy atom. The molecule has 1 aromatic rings. The van der Waals surface area contributed by atoms with Crippen LogP contribution in [0.25, 0.3) is 0 Å². The molecule has 0 fully saturated rings. The SMILES string of the molecule is COc1ccc(CN(C)C(C)C(=O)O)cc1Cl. The molecular formula is C12H16ClNO3. The molecule has 0 aliphatic rings. The number of aliphatic carboxylic acids is 1. The third-order valence-electron chi connectivity index (χ3n) is 2.67. The third-order valence-corrected chi connectivity index (χ3v) is 2.96. The zero-order valence-electron chi connectivity index (χ0n) is 10.1. The molecule has 1 unspecified atom stereocenters. The number of halogens is 1. The van der Waals surface area contributed by atoms with E-state index >= 15 is 0 Å². The quantitative estimate of drug-likeness (QED) is 0.879. The highest BCUT2D eigenvalue weighted by atomic mass is 35.5. The topological polar surface area (TPSA) is 49.8 Å². The van der Waals surface area contributed by atoms with Gasteiger partial charge in [-0.25, -0.2) is 0 Å². The number of hydrogen-bond donors (Lipinski definition) is 1. The summed E-state index contributed by atoms with van der Waals surface area (Å²) < 4.78 is 5.05. The van der Waals surface area contributed by atoms with E-state index in [1.165, 1.54) is 0 Å². The molecule has 0 saturated heterocycles. The van der Waals surface area contributed by atoms with Gasteiger partial charge in [0, 0.05) is 6.54 Å². The van der Waals surface area contributed by atoms with Gasteiger partial charge >= 0.3 is 5.97 Å². The Kier molecular flexibility index (Phi) is 4.78. The fraction of sp³-hybridized carbons (Fsp3) is 0.417. The predicted octanol–water partition coefficient (Wildman–Crippen LogP) is 2.25. The van der Waals surface area contributed by atoms with Gasteiger partial charge in [-0.15, -0.1) is 0 Å². The van der Waals surface area contributed by atoms with Crippen molar-refractivity contribution < 1.29 is 14.6 Å². The largest absolute Gasteiger partial charge is 0.495 e. The molecule has 5 heteroatoms. The number of hydrogen-bond acceptors (Lipinski definition) is 3. The lowest BCUT2D eigenvalue weighted by molar-refractivity contribution is -0.142. The normalized spacial score (nSPS) is 12.5. The van der Waals surface area contributed by atoms with Crippen LogP contribution in [-0.2, 0) is 11.3 Å². The third kappa shape index (κ3) is 3.61. The van der Waals surface area contributed by atoms with Gasteiger partial charge in [0.05, 0.1) is 12.1 Å². The van der Waals surface area contributed by atoms with Gasteiger partial charge in [0.2, 0.25) is 0 Å². The molecule has 0 bridgehead atoms. The Labute approximate surface area is 106 Å². The van der Waals surface area contributed by atoms with Gasteiger partial charge < -0.3 is 9.84 Å². The molecule has 1 atom stereocenters. The monoisotopic (exact) mass is 257 g/mol. The van der Waals surface area contributed by atoms with Gasteiger partial charge in [-0.05, 0) is 31.7 Å². The van der Waals surface area contributed by atoms with Crippen molar-refractivity contribution in [1.82, 2.24) is 4.90 Å². The van der Waals surface area contributed by atoms with Crippen LogP contribution in [0.3, 0.4) is 0 Å². The number of ether oxygens (including phenoxy) is 1. The molecular weight excluding hydrogens is 242 g/mol. The average Bonchev–Trinajstić information content (AvgIpc) is 2.28. The van der Waals surface area contributed by atoms with Crippen LogP contribution in [0.4, 0.5) is 0 Å². The number of nitrogens with zero attached hydrogens (tertiary/aromatic N) is 1. The standard InChI is InChI=1S/C12H16ClNO3/c1-8(12(15)16)14(2)7-9-4-5-11(17-3)10(13)6-9/h4-6,8H,7H2,1-3H3,(H,15,16). The molecule has 17 heavy (non-hydrogen) atoms. The summed E-state index contributed by atoms with van der Waals surface area (Å²) in [6.45, 7) is 2.17. The Morgan fingerprint density at radius 3 is 2.71 bits per heavy atom. The van der Waals surface area contributed by atoms with Crippen molar-refractivity contribution >= 4 is 17.6 Å². The number of rotatable bonds is 5. The lowest BCUT2D eigenvalue weighted by Crippen LogP contribution is -2.35. The Bertz CT molecular complexity index is 409. The molecule has 0 radical (unpaired) electrons. The first-order valence-corrected chi connectivity index (χ1v) is 5.59. The number of likely N-dealkylation sites (N-methyl/N-ethyl adjacent to an activating group) is 1. The molecule has 1 rings (SSSR count). The van der Waals surface area contributed by atoms with Gasteiger partial charge in [-0.1, -0.05) is 17.7 Å². The maximum Gasteiger partial charge on any atom is 0.320 e. The summed E-state index contributed by atoms with van der Waals surface area (Å²) in [6.07, 6.45) is 0. The number of carboxylic acids is 1. The van der Waals surface area contributed by atoms with Crippen molar-refractivity contribution in [2.75, 3.05) is 14.2 Å². The highest BCUT2D eigenvalue weighted by molar-refractivity contribution is 6.32. The van der Waals surface area contributed by atoms with Crippen molar-refractivity contribution in [3.63, 3.8) is 0 Å². The van der Waals surface area contributed by atoms with Crippen LogP contribution in [0.1, 0.15) is 12.5 Å². The molecule has 0 heterocycles. The summed E-state index contributed by atoms with van der Waals surface area (Å²) in [6, 6.07) is 4.90. The molecule has 0 aliphatic heterocycles. The van der Waals surface area contributed by atoms with Crippen LogP contribution < -0.4 is 4.74 Å². The van der Waals surface area contributed by atoms with E-state index in [1.54, 1.807) is 38.1 Å². The lowest BCUT2D eigenvalue weighted by Gasteiger charge is -2.21. The summed E-state index contributed by atoms with van der Waals surface area (Å²) in [5.41, 5.74) is 0.950. The average molecular weight is 258 g/mol. The van der Waals surface area contributed by atoms with Gasteiger partial charge in [-0.3, -0.25) is 9.69 Å². The maximum absolute atomic E-state index is 10.8. The van der Waals surface area contributed by atoms with Crippen LogP contribution in [-0.4, -0.2) is 36.2 Å². The molecule has 0 aromatic heterocycles. The number of methoxy groups -OCH3 is 1. The number of carbonyl (C=O) groups is 1. The summed E-state index contributed by atoms with van der Waals surface area (Å²) >= 11 is 6.00. The second-order valence-electron chi connectivity index (χ2n) is 3.90. The van der Waals surface area contributed by atoms with Crippen molar-refractivity contribution in [3.8, 4) is 5.75 Å². The molecule has 94 valence electrons. The molecule has 0 spiro atoms. The van der Waals surface area contributed by atoms with Crippen LogP contribution >= 0.6 is 11.6 Å². The van der Waals surface area contributed by atoms with Crippen molar-refractivity contribution in [1.29, 1.82) is 0 Å². The fourth-order valence-corrected chi connectivity index (χ4v) is 1.70. The fourth-order valence-electron chi connectivity index (χ4n) is 1.42. The van der Waals surface area contributed by atoms with Gasteiger partial charge in [-0.2, -0.15) is 0 Å². The van der Waals surface area contributed by atoms with E-state index in [9.17, 15) is 4.79 Å². The van der Waals surface area contributed by atoms with E-state index in [4.69, 9.17) is 21.4 Å². The maximum atomic E-state index is 10.8. The minimum Gasteiger partial charge on any atom is -0.495 e. The lowest BCUT2D eigenvalue weighted by atomic mass is 10.2. The van der Waals surface area contributed by atoms with E-state index in [-0.39, 0.29) is 0 Å². The van der Waals surface area contributed by atoms with Crippen LogP contribution in [0.5, 0.6) is 5.75 Å². The van der Waals surface area contributed by atoms with E-state index in [1.807, 2.05) is 6.07 Å². The minimum atomic E-state index is -0.841. The van der Waals surface area contributed by atoms with Gasteiger partial charge in [0.1, 0.15) is 11.8 Å². The van der Waals surface area contributed by atoms with Crippen LogP contribution in [0.15, 0.2) is 18.2 Å². The summed E-state index contributed by atoms with van der Waals surface area (Å²) in [7, 11) is 3.32. The highest BCUT2D eigenvalue weighted by Crippen LogP contribution is 2.25. The number of benzene rings is 1. The first-order chi connectivity index (χ1) is 7.95. The minimum absolute atomic E-state index is 0.525. The summed E-state index contributed by atoms with van der Waals surface area (Å²) in [5.74, 6) is -0.225. The Hall–Kier alpha value is -1.26. The van der Waals surface area contributed by atoms with E-state index in [0.717, 1.165) is 5.56 Å². The zero-order chi connectivity index (χ0) is 13.0. The smallest absolute Gasteiger partial charge is 0.320 e. The molecule has 0 amide bonds. The molecule has 1 aromatic carbocycles. The molecule has 0 aliphatic carbocycles. The summed E-state index contributed by atoms with van der Waals surface area (Å²) in [5, 5.41) is 9.41. The van der Waals surface area contributed by atoms with Crippen LogP contribution in [0, 0.1) is 0 Å². The van der Waals surface area contributed by atoms with Crippen molar-refractivity contribution in [3.05, 3.63) is 28.8 Å². The van der Waals surface area contributed by atoms with E-state index in [0.29, 0.717) is 17.3 Å². The van der Waals surface area contributed by atoms with Crippen molar-refractivity contribution in [2.45, 2.75) is 19.5 Å². The van der Waals surface area contributed by atoms with Crippen LogP contribution in [0.2, 0.25) is 5.02 Å². The van der Waals surface area contributed by atoms with Crippen molar-refractivity contribution in [2.24, 2.45) is 0 Å². The first-order valence-electron chi connectivity index (χ1n) is 5.21. The Morgan fingerprint density at radius 1 is 1.59 bits per heavy atom. The Balaban J connectivity index is 2.75. The first kappa shape index (κ1) is 13.8. The molecule has 0 saturated carbocycles. The predicted molar refractivity (Wildman–Crippen MR) is 66.6 cm³/mol. The number of carboxylic acid groups (broad SMARTS) is 1. The van der Waals surface area contributed by atoms with E-state index in [2.05, 4.69) is 0 Å².